The van der Waals surface area contributed by atoms with Crippen LogP contribution in [0.5, 0.6) is 0 Å². The van der Waals surface area contributed by atoms with Crippen molar-refractivity contribution in [1.82, 2.24) is 20.9 Å². The zero-order valence-corrected chi connectivity index (χ0v) is 11.2. The molecule has 1 saturated heterocycles. The molecule has 112 valence electrons. The molecular formula is C12H20N4O4. The van der Waals surface area contributed by atoms with Crippen molar-refractivity contribution in [2.45, 2.75) is 31.3 Å². The molecule has 1 saturated carbocycles. The van der Waals surface area contributed by atoms with Crippen LogP contribution in [-0.2, 0) is 9.59 Å². The first-order chi connectivity index (χ1) is 9.58. The fourth-order valence-electron chi connectivity index (χ4n) is 2.05. The summed E-state index contributed by atoms with van der Waals surface area (Å²) in [4.78, 5) is 35.3. The van der Waals surface area contributed by atoms with Crippen LogP contribution in [0, 0.1) is 0 Å². The number of nitrogens with zero attached hydrogens (tertiary/aromatic N) is 1. The van der Waals surface area contributed by atoms with E-state index in [1.807, 2.05) is 0 Å². The van der Waals surface area contributed by atoms with Gasteiger partial charge in [-0.15, -0.1) is 0 Å². The van der Waals surface area contributed by atoms with E-state index in [1.54, 1.807) is 0 Å². The predicted molar refractivity (Wildman–Crippen MR) is 70.2 cm³/mol. The van der Waals surface area contributed by atoms with E-state index < -0.39 is 18.0 Å². The van der Waals surface area contributed by atoms with E-state index in [1.165, 1.54) is 12.8 Å². The normalized spacial score (nSPS) is 22.3. The van der Waals surface area contributed by atoms with Crippen LogP contribution >= 0.6 is 0 Å². The zero-order chi connectivity index (χ0) is 14.5. The van der Waals surface area contributed by atoms with Crippen LogP contribution in [0.3, 0.4) is 0 Å². The Labute approximate surface area is 116 Å². The monoisotopic (exact) mass is 284 g/mol. The minimum Gasteiger partial charge on any atom is -0.480 e. The minimum atomic E-state index is -1.12. The molecule has 3 amide bonds. The molecule has 4 N–H and O–H groups in total. The van der Waals surface area contributed by atoms with Gasteiger partial charge in [-0.3, -0.25) is 9.69 Å². The Kier molecular flexibility index (Phi) is 4.78. The molecule has 0 aromatic rings. The molecule has 2 fully saturated rings. The van der Waals surface area contributed by atoms with Gasteiger partial charge in [0.25, 0.3) is 0 Å². The maximum Gasteiger partial charge on any atom is 0.328 e. The number of carbonyl (C=O) groups is 3. The lowest BCUT2D eigenvalue weighted by molar-refractivity contribution is -0.144. The standard InChI is InChI=1S/C12H20N4O4/c17-10-7-16(9(6-15-10)11(18)19)12(20)14-5-1-4-13-8-2-3-8/h8-9,13H,1-7H2,(H,14,20)(H,15,17)(H,18,19). The average Bonchev–Trinajstić information content (AvgIpc) is 3.21. The lowest BCUT2D eigenvalue weighted by atomic mass is 10.2. The summed E-state index contributed by atoms with van der Waals surface area (Å²) in [5, 5.41) is 17.5. The van der Waals surface area contributed by atoms with E-state index >= 15 is 0 Å². The molecule has 0 radical (unpaired) electrons. The highest BCUT2D eigenvalue weighted by Gasteiger charge is 2.34. The summed E-state index contributed by atoms with van der Waals surface area (Å²) in [5.41, 5.74) is 0. The number of rotatable bonds is 6. The molecule has 1 heterocycles. The number of urea groups is 1. The van der Waals surface area contributed by atoms with Gasteiger partial charge in [0.15, 0.2) is 0 Å². The zero-order valence-electron chi connectivity index (χ0n) is 11.2. The quantitative estimate of drug-likeness (QED) is 0.454. The second-order valence-electron chi connectivity index (χ2n) is 5.10. The molecule has 1 aliphatic carbocycles. The Balaban J connectivity index is 1.72. The molecule has 1 atom stereocenters. The van der Waals surface area contributed by atoms with Gasteiger partial charge in [0.1, 0.15) is 12.6 Å². The van der Waals surface area contributed by atoms with Crippen molar-refractivity contribution in [3.63, 3.8) is 0 Å². The van der Waals surface area contributed by atoms with Crippen LogP contribution in [0.1, 0.15) is 19.3 Å². The maximum atomic E-state index is 11.9. The van der Waals surface area contributed by atoms with Gasteiger partial charge in [-0.1, -0.05) is 0 Å². The van der Waals surface area contributed by atoms with Gasteiger partial charge in [-0.2, -0.15) is 0 Å². The predicted octanol–water partition coefficient (Wildman–Crippen LogP) is -1.28. The van der Waals surface area contributed by atoms with Gasteiger partial charge in [0, 0.05) is 19.1 Å². The van der Waals surface area contributed by atoms with Crippen LogP contribution in [0.4, 0.5) is 4.79 Å². The molecule has 2 rings (SSSR count). The second-order valence-corrected chi connectivity index (χ2v) is 5.10. The smallest absolute Gasteiger partial charge is 0.328 e. The lowest BCUT2D eigenvalue weighted by Crippen LogP contribution is -2.61. The first-order valence-electron chi connectivity index (χ1n) is 6.85. The Bertz CT molecular complexity index is 397. The first-order valence-corrected chi connectivity index (χ1v) is 6.85. The highest BCUT2D eigenvalue weighted by Crippen LogP contribution is 2.18. The van der Waals surface area contributed by atoms with E-state index in [9.17, 15) is 14.4 Å². The van der Waals surface area contributed by atoms with Crippen molar-refractivity contribution in [3.8, 4) is 0 Å². The van der Waals surface area contributed by atoms with Crippen LogP contribution in [-0.4, -0.2) is 66.2 Å². The fourth-order valence-corrected chi connectivity index (χ4v) is 2.05. The van der Waals surface area contributed by atoms with Gasteiger partial charge >= 0.3 is 12.0 Å². The van der Waals surface area contributed by atoms with Crippen LogP contribution in [0.2, 0.25) is 0 Å². The Hall–Kier alpha value is -1.83. The van der Waals surface area contributed by atoms with Crippen LogP contribution < -0.4 is 16.0 Å². The number of piperazine rings is 1. The first kappa shape index (κ1) is 14.6. The Morgan fingerprint density at radius 1 is 1.35 bits per heavy atom. The van der Waals surface area contributed by atoms with Crippen molar-refractivity contribution >= 4 is 17.9 Å². The average molecular weight is 284 g/mol. The summed E-state index contributed by atoms with van der Waals surface area (Å²) in [5.74, 6) is -1.45. The van der Waals surface area contributed by atoms with Gasteiger partial charge in [-0.05, 0) is 25.8 Å². The molecule has 1 aliphatic heterocycles. The van der Waals surface area contributed by atoms with Crippen molar-refractivity contribution in [3.05, 3.63) is 0 Å². The van der Waals surface area contributed by atoms with E-state index in [0.29, 0.717) is 12.6 Å². The highest BCUT2D eigenvalue weighted by atomic mass is 16.4. The Morgan fingerprint density at radius 3 is 2.75 bits per heavy atom. The number of hydrogen-bond acceptors (Lipinski definition) is 4. The number of amides is 3. The number of nitrogens with one attached hydrogen (secondary N) is 3. The molecule has 0 aromatic carbocycles. The van der Waals surface area contributed by atoms with Crippen molar-refractivity contribution in [2.24, 2.45) is 0 Å². The van der Waals surface area contributed by atoms with Gasteiger partial charge in [0.2, 0.25) is 5.91 Å². The molecule has 8 heteroatoms. The number of aliphatic carboxylic acids is 1. The Morgan fingerprint density at radius 2 is 2.10 bits per heavy atom. The van der Waals surface area contributed by atoms with Gasteiger partial charge < -0.3 is 21.1 Å². The van der Waals surface area contributed by atoms with E-state index in [0.717, 1.165) is 17.9 Å². The molecule has 2 aliphatic rings. The summed E-state index contributed by atoms with van der Waals surface area (Å²) in [6.45, 7) is 1.02. The fraction of sp³-hybridized carbons (Fsp3) is 0.750. The minimum absolute atomic E-state index is 0.0508. The number of hydrogen-bond donors (Lipinski definition) is 4. The third kappa shape index (κ3) is 4.09. The second kappa shape index (κ2) is 6.56. The highest BCUT2D eigenvalue weighted by molar-refractivity contribution is 5.90. The topological polar surface area (TPSA) is 111 Å². The maximum absolute atomic E-state index is 11.9. The van der Waals surface area contributed by atoms with Crippen LogP contribution in [0.15, 0.2) is 0 Å². The van der Waals surface area contributed by atoms with Crippen molar-refractivity contribution < 1.29 is 19.5 Å². The molecule has 0 aromatic heterocycles. The molecule has 0 spiro atoms. The van der Waals surface area contributed by atoms with E-state index in [-0.39, 0.29) is 19.0 Å². The molecule has 20 heavy (non-hydrogen) atoms. The largest absolute Gasteiger partial charge is 0.480 e. The summed E-state index contributed by atoms with van der Waals surface area (Å²) >= 11 is 0. The third-order valence-electron chi connectivity index (χ3n) is 3.37. The van der Waals surface area contributed by atoms with Crippen molar-refractivity contribution in [2.75, 3.05) is 26.2 Å². The summed E-state index contributed by atoms with van der Waals surface area (Å²) in [6, 6.07) is -0.871. The van der Waals surface area contributed by atoms with Crippen LogP contribution in [0.25, 0.3) is 0 Å². The lowest BCUT2D eigenvalue weighted by Gasteiger charge is -2.32. The summed E-state index contributed by atoms with van der Waals surface area (Å²) in [6.07, 6.45) is 3.21. The molecule has 0 bridgehead atoms. The number of carboxylic acid groups (broad SMARTS) is 1. The third-order valence-corrected chi connectivity index (χ3v) is 3.37. The molecule has 1 unspecified atom stereocenters. The van der Waals surface area contributed by atoms with Crippen molar-refractivity contribution in [1.29, 1.82) is 0 Å². The summed E-state index contributed by atoms with van der Waals surface area (Å²) < 4.78 is 0. The van der Waals surface area contributed by atoms with Gasteiger partial charge in [-0.25, -0.2) is 9.59 Å². The number of carbonyl (C=O) groups excluding carboxylic acids is 2. The number of carboxylic acids is 1. The van der Waals surface area contributed by atoms with Gasteiger partial charge in [0.05, 0.1) is 0 Å². The molecular weight excluding hydrogens is 264 g/mol. The SMILES string of the molecule is O=C1CN(C(=O)NCCCNC2CC2)C(C(=O)O)CN1. The molecule has 8 nitrogen and oxygen atoms in total. The van der Waals surface area contributed by atoms with E-state index in [4.69, 9.17) is 5.11 Å². The summed E-state index contributed by atoms with van der Waals surface area (Å²) in [7, 11) is 0. The van der Waals surface area contributed by atoms with E-state index in [2.05, 4.69) is 16.0 Å².